The summed E-state index contributed by atoms with van der Waals surface area (Å²) < 4.78 is 41.4. The van der Waals surface area contributed by atoms with Crippen LogP contribution in [0.2, 0.25) is 0 Å². The third kappa shape index (κ3) is 5.42. The van der Waals surface area contributed by atoms with Crippen LogP contribution in [0.4, 0.5) is 18.9 Å². The molecule has 1 fully saturated rings. The van der Waals surface area contributed by atoms with Gasteiger partial charge in [-0.1, -0.05) is 11.6 Å². The van der Waals surface area contributed by atoms with Gasteiger partial charge < -0.3 is 10.3 Å². The molecule has 1 aliphatic carbocycles. The van der Waals surface area contributed by atoms with Gasteiger partial charge in [0.1, 0.15) is 11.3 Å². The van der Waals surface area contributed by atoms with Crippen molar-refractivity contribution in [2.75, 3.05) is 5.32 Å². The van der Waals surface area contributed by atoms with Gasteiger partial charge in [0.2, 0.25) is 5.91 Å². The molecule has 0 radical (unpaired) electrons. The van der Waals surface area contributed by atoms with Crippen molar-refractivity contribution in [3.05, 3.63) is 64.0 Å². The summed E-state index contributed by atoms with van der Waals surface area (Å²) in [5.41, 5.74) is 2.15. The maximum Gasteiger partial charge on any atom is 0.433 e. The summed E-state index contributed by atoms with van der Waals surface area (Å²) in [6.07, 6.45) is 1.81. The van der Waals surface area contributed by atoms with Gasteiger partial charge in [-0.15, -0.1) is 0 Å². The fourth-order valence-electron chi connectivity index (χ4n) is 5.01. The number of aromatic amines is 1. The number of halogens is 4. The number of alkyl halides is 3. The van der Waals surface area contributed by atoms with Crippen LogP contribution in [0.1, 0.15) is 42.5 Å². The Morgan fingerprint density at radius 1 is 1.24 bits per heavy atom. The topological polar surface area (TPSA) is 99.9 Å². The number of carbonyl (C=O) groups excluding carboxylic acids is 1. The van der Waals surface area contributed by atoms with E-state index < -0.39 is 11.9 Å². The van der Waals surface area contributed by atoms with Gasteiger partial charge >= 0.3 is 6.18 Å². The molecule has 7 nitrogen and oxygen atoms in total. The van der Waals surface area contributed by atoms with Crippen molar-refractivity contribution in [2.24, 2.45) is 5.84 Å². The molecule has 11 heteroatoms. The molecule has 4 aromatic rings. The summed E-state index contributed by atoms with van der Waals surface area (Å²) in [5, 5.41) is 6.08. The van der Waals surface area contributed by atoms with E-state index in [-0.39, 0.29) is 29.9 Å². The lowest BCUT2D eigenvalue weighted by Gasteiger charge is -2.35. The van der Waals surface area contributed by atoms with Gasteiger partial charge in [-0.3, -0.25) is 9.80 Å². The molecule has 3 aromatic heterocycles. The Morgan fingerprint density at radius 3 is 2.84 bits per heavy atom. The summed E-state index contributed by atoms with van der Waals surface area (Å²) in [6.45, 7) is 1.89. The maximum atomic E-state index is 13.5. The van der Waals surface area contributed by atoms with Crippen LogP contribution in [-0.4, -0.2) is 38.0 Å². The Balaban J connectivity index is 1.33. The van der Waals surface area contributed by atoms with Crippen LogP contribution in [0, 0.1) is 6.92 Å². The number of nitrogens with two attached hydrogens (primary N) is 1. The second kappa shape index (κ2) is 9.94. The number of pyridine rings is 2. The molecule has 0 bridgehead atoms. The zero-order chi connectivity index (χ0) is 26.3. The van der Waals surface area contributed by atoms with Gasteiger partial charge in [0.15, 0.2) is 0 Å². The number of aryl methyl sites for hydroxylation is 1. The molecule has 1 saturated carbocycles. The number of fused-ring (bicyclic) bond motifs is 2. The van der Waals surface area contributed by atoms with Gasteiger partial charge in [-0.25, -0.2) is 15.8 Å². The van der Waals surface area contributed by atoms with Crippen molar-refractivity contribution in [3.8, 4) is 0 Å². The highest BCUT2D eigenvalue weighted by Gasteiger charge is 2.34. The number of carbonyl (C=O) groups is 1. The Labute approximate surface area is 219 Å². The molecule has 0 unspecified atom stereocenters. The number of H-pyrrole nitrogens is 1. The number of nitrogens with zero attached hydrogens (tertiary/aromatic N) is 3. The molecule has 37 heavy (non-hydrogen) atoms. The van der Waals surface area contributed by atoms with Crippen molar-refractivity contribution in [2.45, 2.75) is 57.3 Å². The van der Waals surface area contributed by atoms with Gasteiger partial charge in [-0.05, 0) is 78.4 Å². The van der Waals surface area contributed by atoms with E-state index in [9.17, 15) is 18.0 Å². The van der Waals surface area contributed by atoms with Crippen LogP contribution >= 0.6 is 15.9 Å². The van der Waals surface area contributed by atoms with E-state index in [0.29, 0.717) is 23.1 Å². The quantitative estimate of drug-likeness (QED) is 0.157. The molecular weight excluding hydrogens is 549 g/mol. The van der Waals surface area contributed by atoms with Crippen molar-refractivity contribution in [1.29, 1.82) is 0 Å². The van der Waals surface area contributed by atoms with E-state index in [1.807, 2.05) is 19.1 Å². The lowest BCUT2D eigenvalue weighted by atomic mass is 9.90. The predicted molar refractivity (Wildman–Crippen MR) is 140 cm³/mol. The highest BCUT2D eigenvalue weighted by atomic mass is 79.9. The van der Waals surface area contributed by atoms with E-state index in [1.54, 1.807) is 24.5 Å². The van der Waals surface area contributed by atoms with Crippen LogP contribution in [0.25, 0.3) is 21.9 Å². The third-order valence-corrected chi connectivity index (χ3v) is 7.30. The number of anilines is 1. The monoisotopic (exact) mass is 574 g/mol. The van der Waals surface area contributed by atoms with E-state index in [1.165, 1.54) is 5.01 Å². The number of hydrogen-bond acceptors (Lipinski definition) is 5. The lowest BCUT2D eigenvalue weighted by Crippen LogP contribution is -2.49. The normalized spacial score (nSPS) is 18.3. The van der Waals surface area contributed by atoms with Crippen molar-refractivity contribution >= 4 is 49.5 Å². The van der Waals surface area contributed by atoms with Crippen molar-refractivity contribution < 1.29 is 18.0 Å². The first-order chi connectivity index (χ1) is 17.6. The summed E-state index contributed by atoms with van der Waals surface area (Å²) in [5.74, 6) is 6.07. The number of nitrogens with one attached hydrogen (secondary N) is 2. The largest absolute Gasteiger partial charge is 0.433 e. The molecule has 0 saturated heterocycles. The fourth-order valence-corrected chi connectivity index (χ4v) is 5.34. The number of amides is 1. The minimum absolute atomic E-state index is 0.118. The van der Waals surface area contributed by atoms with Crippen LogP contribution < -0.4 is 11.2 Å². The van der Waals surface area contributed by atoms with Gasteiger partial charge in [-0.2, -0.15) is 13.2 Å². The van der Waals surface area contributed by atoms with Crippen LogP contribution in [0.5, 0.6) is 0 Å². The Kier molecular flexibility index (Phi) is 6.84. The molecule has 1 amide bonds. The number of hydrogen-bond donors (Lipinski definition) is 3. The second-order valence-corrected chi connectivity index (χ2v) is 10.5. The lowest BCUT2D eigenvalue weighted by molar-refractivity contribution is -0.141. The summed E-state index contributed by atoms with van der Waals surface area (Å²) >= 11 is 3.41. The van der Waals surface area contributed by atoms with Crippen molar-refractivity contribution in [1.82, 2.24) is 20.0 Å². The standard InChI is InChI=1S/C26H26BrF3N6O/c1-14-5-6-21-20(7-14)22(11-23(35-21)26(28,29)30)34-17-3-2-4-18(10-17)36(31)24(37)8-15-12-32-25-19(15)9-16(27)13-33-25/h5-7,9,11-13,17-18H,2-4,8,10,31H2,1H3,(H,32,33)(H,34,35)/t17-,18+/m0/s1. The highest BCUT2D eigenvalue weighted by Crippen LogP contribution is 2.35. The van der Waals surface area contributed by atoms with Gasteiger partial charge in [0.05, 0.1) is 18.0 Å². The maximum absolute atomic E-state index is 13.5. The van der Waals surface area contributed by atoms with Crippen molar-refractivity contribution in [3.63, 3.8) is 0 Å². The Hall–Kier alpha value is -3.18. The van der Waals surface area contributed by atoms with Gasteiger partial charge in [0, 0.05) is 39.4 Å². The highest BCUT2D eigenvalue weighted by molar-refractivity contribution is 9.10. The molecule has 5 rings (SSSR count). The van der Waals surface area contributed by atoms with Crippen LogP contribution in [0.15, 0.2) is 47.2 Å². The smallest absolute Gasteiger partial charge is 0.382 e. The van der Waals surface area contributed by atoms with Crippen LogP contribution in [-0.2, 0) is 17.4 Å². The second-order valence-electron chi connectivity index (χ2n) is 9.58. The third-order valence-electron chi connectivity index (χ3n) is 6.87. The zero-order valence-electron chi connectivity index (χ0n) is 20.1. The molecule has 3 heterocycles. The Morgan fingerprint density at radius 2 is 2.05 bits per heavy atom. The minimum Gasteiger partial charge on any atom is -0.382 e. The molecule has 1 aromatic carbocycles. The van der Waals surface area contributed by atoms with E-state index >= 15 is 0 Å². The molecule has 2 atom stereocenters. The zero-order valence-corrected chi connectivity index (χ0v) is 21.7. The number of rotatable bonds is 5. The molecule has 0 aliphatic heterocycles. The van der Waals surface area contributed by atoms with Gasteiger partial charge in [0.25, 0.3) is 0 Å². The molecule has 4 N–H and O–H groups in total. The molecule has 0 spiro atoms. The Bertz CT molecular complexity index is 1470. The number of benzene rings is 1. The first kappa shape index (κ1) is 25.5. The predicted octanol–water partition coefficient (Wildman–Crippen LogP) is 5.87. The van der Waals surface area contributed by atoms with E-state index in [4.69, 9.17) is 5.84 Å². The average Bonchev–Trinajstić information content (AvgIpc) is 3.24. The number of aromatic nitrogens is 3. The minimum atomic E-state index is -4.56. The first-order valence-electron chi connectivity index (χ1n) is 12.0. The summed E-state index contributed by atoms with van der Waals surface area (Å²) in [6, 6.07) is 7.78. The molecule has 1 aliphatic rings. The van der Waals surface area contributed by atoms with Crippen LogP contribution in [0.3, 0.4) is 0 Å². The first-order valence-corrected chi connectivity index (χ1v) is 12.8. The SMILES string of the molecule is Cc1ccc2nc(C(F)(F)F)cc(N[C@H]3CCC[C@@H](N(N)C(=O)Cc4c[nH]c5ncc(Br)cc45)C3)c2c1. The fraction of sp³-hybridized carbons (Fsp3) is 0.346. The summed E-state index contributed by atoms with van der Waals surface area (Å²) in [7, 11) is 0. The summed E-state index contributed by atoms with van der Waals surface area (Å²) in [4.78, 5) is 24.3. The number of hydrazine groups is 1. The average molecular weight is 575 g/mol. The molecule has 194 valence electrons. The molecular formula is C26H26BrF3N6O. The van der Waals surface area contributed by atoms with E-state index in [2.05, 4.69) is 36.2 Å². The van der Waals surface area contributed by atoms with E-state index in [0.717, 1.165) is 46.3 Å².